The zero-order valence-corrected chi connectivity index (χ0v) is 21.4. The largest absolute Gasteiger partial charge is 0.497 e. The summed E-state index contributed by atoms with van der Waals surface area (Å²) < 4.78 is 32.7. The number of amides is 1. The number of nitrogens with zero attached hydrogens (tertiary/aromatic N) is 4. The van der Waals surface area contributed by atoms with Gasteiger partial charge in [0, 0.05) is 23.1 Å². The molecular formula is C25H20ClN5O6S. The van der Waals surface area contributed by atoms with E-state index in [1.54, 1.807) is 30.3 Å². The van der Waals surface area contributed by atoms with Crippen LogP contribution in [0.25, 0.3) is 10.9 Å². The summed E-state index contributed by atoms with van der Waals surface area (Å²) in [5.41, 5.74) is 2.50. The summed E-state index contributed by atoms with van der Waals surface area (Å²) >= 11 is 6.25. The minimum absolute atomic E-state index is 0.122. The number of sulfonamides is 1. The van der Waals surface area contributed by atoms with Gasteiger partial charge < -0.3 is 4.74 Å². The van der Waals surface area contributed by atoms with E-state index >= 15 is 0 Å². The van der Waals surface area contributed by atoms with Crippen LogP contribution < -0.4 is 14.5 Å². The number of carbonyl (C=O) groups is 1. The number of nitrogens with one attached hydrogen (secondary N) is 1. The highest BCUT2D eigenvalue weighted by Gasteiger charge is 2.31. The monoisotopic (exact) mass is 553 g/mol. The number of carbonyl (C=O) groups excluding carboxylic acids is 1. The molecule has 0 saturated carbocycles. The number of aromatic nitrogens is 1. The van der Waals surface area contributed by atoms with Gasteiger partial charge >= 0.3 is 0 Å². The van der Waals surface area contributed by atoms with Crippen molar-refractivity contribution in [2.75, 3.05) is 18.0 Å². The summed E-state index contributed by atoms with van der Waals surface area (Å²) in [5.74, 6) is -0.225. The molecule has 0 aliphatic carbocycles. The Bertz CT molecular complexity index is 1650. The standard InChI is InChI=1S/C25H20ClN5O6S/c1-37-19-12-11-17-13-18(25(26)28-21(17)14-19)15-27-29-24(32)16-30(22-9-5-6-10-23(22)31(33)34)38(35,36)20-7-3-2-4-8-20/h2-15H,16H2,1H3,(H,29,32)/b27-15-. The van der Waals surface area contributed by atoms with Gasteiger partial charge in [0.2, 0.25) is 0 Å². The number of methoxy groups -OCH3 is 1. The number of hydrazone groups is 1. The molecule has 1 amide bonds. The van der Waals surface area contributed by atoms with E-state index in [1.807, 2.05) is 0 Å². The topological polar surface area (TPSA) is 144 Å². The van der Waals surface area contributed by atoms with E-state index in [2.05, 4.69) is 15.5 Å². The maximum Gasteiger partial charge on any atom is 0.293 e. The van der Waals surface area contributed by atoms with Crippen molar-refractivity contribution >= 4 is 56.0 Å². The first-order valence-corrected chi connectivity index (χ1v) is 12.8. The van der Waals surface area contributed by atoms with Crippen molar-refractivity contribution in [2.24, 2.45) is 5.10 Å². The van der Waals surface area contributed by atoms with Gasteiger partial charge in [0.1, 0.15) is 23.1 Å². The van der Waals surface area contributed by atoms with E-state index < -0.39 is 33.1 Å². The number of rotatable bonds is 9. The maximum atomic E-state index is 13.4. The van der Waals surface area contributed by atoms with Crippen LogP contribution in [0.1, 0.15) is 5.56 Å². The fourth-order valence-corrected chi connectivity index (χ4v) is 5.20. The van der Waals surface area contributed by atoms with Gasteiger partial charge in [0.05, 0.1) is 28.7 Å². The molecule has 1 heterocycles. The predicted octanol–water partition coefficient (Wildman–Crippen LogP) is 4.15. The summed E-state index contributed by atoms with van der Waals surface area (Å²) in [6.45, 7) is -0.775. The molecule has 0 saturated heterocycles. The van der Waals surface area contributed by atoms with E-state index in [0.717, 1.165) is 11.5 Å². The van der Waals surface area contributed by atoms with Crippen LogP contribution in [-0.4, -0.2) is 44.1 Å². The van der Waals surface area contributed by atoms with E-state index in [1.165, 1.54) is 55.8 Å². The van der Waals surface area contributed by atoms with E-state index in [4.69, 9.17) is 16.3 Å². The molecule has 0 fully saturated rings. The highest BCUT2D eigenvalue weighted by Crippen LogP contribution is 2.32. The van der Waals surface area contributed by atoms with Crippen LogP contribution in [0.2, 0.25) is 5.15 Å². The van der Waals surface area contributed by atoms with Crippen molar-refractivity contribution < 1.29 is 22.9 Å². The van der Waals surface area contributed by atoms with Gasteiger partial charge in [0.25, 0.3) is 21.6 Å². The predicted molar refractivity (Wildman–Crippen MR) is 143 cm³/mol. The van der Waals surface area contributed by atoms with Crippen molar-refractivity contribution in [3.63, 3.8) is 0 Å². The molecule has 0 spiro atoms. The first-order chi connectivity index (χ1) is 18.2. The molecule has 3 aromatic carbocycles. The Kier molecular flexibility index (Phi) is 7.84. The maximum absolute atomic E-state index is 13.4. The average molecular weight is 554 g/mol. The van der Waals surface area contributed by atoms with Crippen LogP contribution in [0.5, 0.6) is 5.75 Å². The van der Waals surface area contributed by atoms with Gasteiger partial charge in [-0.3, -0.25) is 14.9 Å². The van der Waals surface area contributed by atoms with Crippen molar-refractivity contribution in [1.82, 2.24) is 10.4 Å². The van der Waals surface area contributed by atoms with Crippen LogP contribution in [0, 0.1) is 10.1 Å². The Labute approximate surface area is 222 Å². The van der Waals surface area contributed by atoms with Crippen molar-refractivity contribution in [2.45, 2.75) is 4.90 Å². The molecule has 4 aromatic rings. The van der Waals surface area contributed by atoms with Gasteiger partial charge in [-0.2, -0.15) is 5.10 Å². The van der Waals surface area contributed by atoms with Crippen LogP contribution in [0.15, 0.2) is 88.9 Å². The van der Waals surface area contributed by atoms with Gasteiger partial charge in [-0.05, 0) is 36.4 Å². The molecular weight excluding hydrogens is 534 g/mol. The van der Waals surface area contributed by atoms with E-state index in [9.17, 15) is 23.3 Å². The Balaban J connectivity index is 1.60. The number of halogens is 1. The molecule has 0 unspecified atom stereocenters. The number of hydrogen-bond donors (Lipinski definition) is 1. The zero-order valence-electron chi connectivity index (χ0n) is 19.8. The number of pyridine rings is 1. The number of fused-ring (bicyclic) bond motifs is 1. The summed E-state index contributed by atoms with van der Waals surface area (Å²) in [6, 6.07) is 19.5. The number of nitro groups is 1. The van der Waals surface area contributed by atoms with Gasteiger partial charge in [-0.25, -0.2) is 23.1 Å². The highest BCUT2D eigenvalue weighted by molar-refractivity contribution is 7.92. The normalized spacial score (nSPS) is 11.4. The molecule has 11 nitrogen and oxygen atoms in total. The lowest BCUT2D eigenvalue weighted by Gasteiger charge is -2.23. The third-order valence-electron chi connectivity index (χ3n) is 5.36. The number of anilines is 1. The van der Waals surface area contributed by atoms with E-state index in [-0.39, 0.29) is 15.7 Å². The molecule has 0 aliphatic rings. The first kappa shape index (κ1) is 26.5. The first-order valence-electron chi connectivity index (χ1n) is 11.0. The fourth-order valence-electron chi connectivity index (χ4n) is 3.55. The van der Waals surface area contributed by atoms with Gasteiger partial charge in [-0.1, -0.05) is 41.9 Å². The number of ether oxygens (including phenoxy) is 1. The third-order valence-corrected chi connectivity index (χ3v) is 7.44. The fraction of sp³-hybridized carbons (Fsp3) is 0.0800. The smallest absolute Gasteiger partial charge is 0.293 e. The lowest BCUT2D eigenvalue weighted by Crippen LogP contribution is -2.39. The van der Waals surface area contributed by atoms with Gasteiger partial charge in [-0.15, -0.1) is 0 Å². The van der Waals surface area contributed by atoms with Crippen LogP contribution in [0.4, 0.5) is 11.4 Å². The van der Waals surface area contributed by atoms with Crippen LogP contribution in [-0.2, 0) is 14.8 Å². The van der Waals surface area contributed by atoms with Crippen molar-refractivity contribution in [3.8, 4) is 5.75 Å². The van der Waals surface area contributed by atoms with Gasteiger partial charge in [0.15, 0.2) is 0 Å². The molecule has 194 valence electrons. The summed E-state index contributed by atoms with van der Waals surface area (Å²) in [6.07, 6.45) is 1.26. The second-order valence-electron chi connectivity index (χ2n) is 7.79. The summed E-state index contributed by atoms with van der Waals surface area (Å²) in [5, 5.41) is 16.3. The second-order valence-corrected chi connectivity index (χ2v) is 10.0. The lowest BCUT2D eigenvalue weighted by atomic mass is 10.1. The Morgan fingerprint density at radius 2 is 1.84 bits per heavy atom. The molecule has 0 aliphatic heterocycles. The zero-order chi connectivity index (χ0) is 27.3. The van der Waals surface area contributed by atoms with Crippen molar-refractivity contribution in [1.29, 1.82) is 0 Å². The lowest BCUT2D eigenvalue weighted by molar-refractivity contribution is -0.384. The number of nitro benzene ring substituents is 1. The van der Waals surface area contributed by atoms with Crippen molar-refractivity contribution in [3.05, 3.63) is 99.7 Å². The summed E-state index contributed by atoms with van der Waals surface area (Å²) in [7, 11) is -2.81. The summed E-state index contributed by atoms with van der Waals surface area (Å²) in [4.78, 5) is 27.8. The SMILES string of the molecule is COc1ccc2cc(/C=N\NC(=O)CN(c3ccccc3[N+](=O)[O-])S(=O)(=O)c3ccccc3)c(Cl)nc2c1. The number of para-hydroxylation sites is 2. The molecule has 1 aromatic heterocycles. The highest BCUT2D eigenvalue weighted by atomic mass is 35.5. The molecule has 0 atom stereocenters. The van der Waals surface area contributed by atoms with Crippen LogP contribution >= 0.6 is 11.6 Å². The van der Waals surface area contributed by atoms with E-state index in [0.29, 0.717) is 21.1 Å². The molecule has 38 heavy (non-hydrogen) atoms. The third kappa shape index (κ3) is 5.71. The number of benzene rings is 3. The Morgan fingerprint density at radius 3 is 2.55 bits per heavy atom. The molecule has 1 N–H and O–H groups in total. The molecule has 0 radical (unpaired) electrons. The number of hydrogen-bond acceptors (Lipinski definition) is 8. The Hall–Kier alpha value is -4.55. The Morgan fingerprint density at radius 1 is 1.13 bits per heavy atom. The minimum atomic E-state index is -4.34. The van der Waals surface area contributed by atoms with Crippen LogP contribution in [0.3, 0.4) is 0 Å². The quantitative estimate of drug-likeness (QED) is 0.142. The minimum Gasteiger partial charge on any atom is -0.497 e. The molecule has 0 bridgehead atoms. The molecule has 13 heteroatoms. The average Bonchev–Trinajstić information content (AvgIpc) is 2.92. The molecule has 4 rings (SSSR count). The second kappa shape index (κ2) is 11.2.